The fourth-order valence-electron chi connectivity index (χ4n) is 5.97. The van der Waals surface area contributed by atoms with Crippen LogP contribution < -0.4 is 15.1 Å². The lowest BCUT2D eigenvalue weighted by atomic mass is 9.93. The lowest BCUT2D eigenvalue weighted by Gasteiger charge is -2.22. The number of methoxy groups -OCH3 is 1. The van der Waals surface area contributed by atoms with Crippen LogP contribution in [0.4, 0.5) is 5.69 Å². The van der Waals surface area contributed by atoms with Crippen LogP contribution in [0.5, 0.6) is 11.5 Å². The second kappa shape index (κ2) is 14.7. The number of phenolic OH excluding ortho intramolecular Hbond substituents is 1. The van der Waals surface area contributed by atoms with E-state index in [4.69, 9.17) is 32.4 Å². The molecule has 2 aliphatic rings. The number of nitrogens with zero attached hydrogens (tertiary/aromatic N) is 1. The van der Waals surface area contributed by atoms with Crippen molar-refractivity contribution in [3.8, 4) is 33.9 Å². The van der Waals surface area contributed by atoms with Gasteiger partial charge >= 0.3 is 0 Å². The molecule has 51 heavy (non-hydrogen) atoms. The number of anilines is 1. The maximum Gasteiger partial charge on any atom is 0.295 e. The third kappa shape index (κ3) is 7.52. The van der Waals surface area contributed by atoms with Crippen molar-refractivity contribution in [3.05, 3.63) is 127 Å². The summed E-state index contributed by atoms with van der Waals surface area (Å²) in [6, 6.07) is 23.8. The van der Waals surface area contributed by atoms with E-state index in [0.29, 0.717) is 22.1 Å². The van der Waals surface area contributed by atoms with Gasteiger partial charge in [0.15, 0.2) is 0 Å². The van der Waals surface area contributed by atoms with Crippen molar-refractivity contribution in [1.29, 1.82) is 0 Å². The highest BCUT2D eigenvalue weighted by atomic mass is 35.5. The van der Waals surface area contributed by atoms with Gasteiger partial charge < -0.3 is 19.2 Å². The Labute approximate surface area is 305 Å². The Morgan fingerprint density at radius 1 is 0.784 bits per heavy atom. The molecule has 260 valence electrons. The molecule has 4 aromatic rings. The van der Waals surface area contributed by atoms with Crippen LogP contribution >= 0.6 is 23.2 Å². The zero-order chi connectivity index (χ0) is 36.4. The molecule has 6 rings (SSSR count). The van der Waals surface area contributed by atoms with Crippen molar-refractivity contribution in [2.24, 2.45) is 0 Å². The van der Waals surface area contributed by atoms with E-state index in [1.165, 1.54) is 30.3 Å². The molecule has 0 fully saturated rings. The molecule has 0 aromatic heterocycles. The summed E-state index contributed by atoms with van der Waals surface area (Å²) in [6.07, 6.45) is 7.57. The summed E-state index contributed by atoms with van der Waals surface area (Å²) < 4.78 is 47.6. The molecule has 2 N–H and O–H groups in total. The van der Waals surface area contributed by atoms with Gasteiger partial charge in [-0.2, -0.15) is 8.42 Å². The van der Waals surface area contributed by atoms with Crippen LogP contribution in [0.15, 0.2) is 99.0 Å². The van der Waals surface area contributed by atoms with Gasteiger partial charge in [0.1, 0.15) is 27.7 Å². The van der Waals surface area contributed by atoms with Crippen LogP contribution in [-0.2, 0) is 10.1 Å². The largest absolute Gasteiger partial charge is 0.506 e. The van der Waals surface area contributed by atoms with Gasteiger partial charge in [-0.3, -0.25) is 9.35 Å². The standard InChI is InChI=1S/C40H33Cl2NO7S/c1-4-43(5-2)28-16-15-27(36(19-28)49-3)14-12-25-8-6-24(7-9-25)10-11-26-13-17-29(39(18-26)51(46,47)48)40-30-20-32(41)34(44)22-37(30)50-38-23-35(45)33(42)21-31(38)40/h6-23,44H,4-5H2,1-3H3,(H,46,47,48)/b11-10+,14-12+. The number of aromatic hydroxyl groups is 1. The molecule has 4 aromatic carbocycles. The van der Waals surface area contributed by atoms with E-state index in [1.807, 2.05) is 54.6 Å². The molecule has 8 nitrogen and oxygen atoms in total. The maximum atomic E-state index is 12.8. The molecule has 1 aliphatic heterocycles. The first-order chi connectivity index (χ1) is 24.4. The summed E-state index contributed by atoms with van der Waals surface area (Å²) in [5.74, 6) is 0.622. The minimum atomic E-state index is -4.77. The zero-order valence-electron chi connectivity index (χ0n) is 27.9. The number of benzene rings is 5. The molecule has 0 unspecified atom stereocenters. The van der Waals surface area contributed by atoms with Crippen molar-refractivity contribution in [2.75, 3.05) is 25.1 Å². The number of fused-ring (bicyclic) bond motifs is 2. The van der Waals surface area contributed by atoms with E-state index >= 15 is 0 Å². The van der Waals surface area contributed by atoms with Gasteiger partial charge in [0.2, 0.25) is 5.43 Å². The molecular weight excluding hydrogens is 709 g/mol. The molecule has 0 saturated heterocycles. The molecule has 0 radical (unpaired) electrons. The summed E-state index contributed by atoms with van der Waals surface area (Å²) in [6.45, 7) is 6.06. The average Bonchev–Trinajstić information content (AvgIpc) is 3.11. The number of rotatable bonds is 10. The molecular formula is C40H33Cl2NO7S. The topological polar surface area (TPSA) is 117 Å². The monoisotopic (exact) mass is 741 g/mol. The molecule has 1 heterocycles. The van der Waals surface area contributed by atoms with Crippen molar-refractivity contribution < 1.29 is 27.2 Å². The van der Waals surface area contributed by atoms with Crippen LogP contribution in [0, 0.1) is 0 Å². The number of hydrogen-bond acceptors (Lipinski definition) is 7. The number of ether oxygens (including phenoxy) is 1. The van der Waals surface area contributed by atoms with Crippen molar-refractivity contribution >= 4 is 74.3 Å². The average molecular weight is 743 g/mol. The smallest absolute Gasteiger partial charge is 0.295 e. The Bertz CT molecular complexity index is 2470. The minimum Gasteiger partial charge on any atom is -0.506 e. The molecule has 0 bridgehead atoms. The summed E-state index contributed by atoms with van der Waals surface area (Å²) in [4.78, 5) is 14.2. The summed E-state index contributed by atoms with van der Waals surface area (Å²) in [7, 11) is -3.11. The molecule has 0 spiro atoms. The third-order valence-electron chi connectivity index (χ3n) is 8.60. The Morgan fingerprint density at radius 3 is 2.08 bits per heavy atom. The van der Waals surface area contributed by atoms with Gasteiger partial charge in [-0.15, -0.1) is 0 Å². The molecule has 0 amide bonds. The van der Waals surface area contributed by atoms with Crippen LogP contribution in [0.2, 0.25) is 10.0 Å². The highest BCUT2D eigenvalue weighted by molar-refractivity contribution is 7.86. The van der Waals surface area contributed by atoms with Gasteiger partial charge in [0.05, 0.1) is 17.2 Å². The van der Waals surface area contributed by atoms with Crippen LogP contribution in [0.3, 0.4) is 0 Å². The Balaban J connectivity index is 1.32. The Kier molecular flexibility index (Phi) is 10.3. The quantitative estimate of drug-likeness (QED) is 0.0810. The van der Waals surface area contributed by atoms with Gasteiger partial charge in [-0.05, 0) is 60.9 Å². The Morgan fingerprint density at radius 2 is 1.43 bits per heavy atom. The fraction of sp³-hybridized carbons (Fsp3) is 0.125. The highest BCUT2D eigenvalue weighted by Crippen LogP contribution is 2.45. The number of hydrogen-bond donors (Lipinski definition) is 2. The van der Waals surface area contributed by atoms with Crippen molar-refractivity contribution in [2.45, 2.75) is 18.7 Å². The first-order valence-corrected chi connectivity index (χ1v) is 18.2. The molecule has 1 aliphatic carbocycles. The fourth-order valence-corrected chi connectivity index (χ4v) is 7.03. The lowest BCUT2D eigenvalue weighted by Crippen LogP contribution is -2.21. The van der Waals surface area contributed by atoms with Gasteiger partial charge in [-0.1, -0.05) is 83.9 Å². The van der Waals surface area contributed by atoms with E-state index in [9.17, 15) is 22.9 Å². The van der Waals surface area contributed by atoms with Crippen LogP contribution in [0.1, 0.15) is 36.1 Å². The van der Waals surface area contributed by atoms with Crippen LogP contribution in [0.25, 0.3) is 57.7 Å². The first kappa shape index (κ1) is 35.8. The molecule has 11 heteroatoms. The number of phenols is 1. The molecule has 0 atom stereocenters. The predicted octanol–water partition coefficient (Wildman–Crippen LogP) is 10.0. The predicted molar refractivity (Wildman–Crippen MR) is 207 cm³/mol. The van der Waals surface area contributed by atoms with E-state index in [-0.39, 0.29) is 37.6 Å². The van der Waals surface area contributed by atoms with E-state index in [1.54, 1.807) is 25.3 Å². The lowest BCUT2D eigenvalue weighted by molar-refractivity contribution is 0.414. The first-order valence-electron chi connectivity index (χ1n) is 16.0. The van der Waals surface area contributed by atoms with Gasteiger partial charge in [-0.25, -0.2) is 0 Å². The maximum absolute atomic E-state index is 12.8. The van der Waals surface area contributed by atoms with Crippen molar-refractivity contribution in [1.82, 2.24) is 0 Å². The second-order valence-corrected chi connectivity index (χ2v) is 13.9. The number of halogens is 2. The second-order valence-electron chi connectivity index (χ2n) is 11.7. The van der Waals surface area contributed by atoms with Crippen LogP contribution in [-0.4, -0.2) is 38.3 Å². The SMILES string of the molecule is CCN(CC)c1ccc(/C=C/c2ccc(/C=C/c3ccc(-c4c5cc(Cl)c(=O)cc-5oc5cc(O)c(Cl)cc45)c(S(=O)(=O)O)c3)cc2)c(OC)c1. The molecule has 0 saturated carbocycles. The van der Waals surface area contributed by atoms with Crippen molar-refractivity contribution in [3.63, 3.8) is 0 Å². The van der Waals surface area contributed by atoms with Gasteiger partial charge in [0, 0.05) is 64.6 Å². The van der Waals surface area contributed by atoms with E-state index < -0.39 is 15.5 Å². The van der Waals surface area contributed by atoms with E-state index in [2.05, 4.69) is 24.8 Å². The van der Waals surface area contributed by atoms with E-state index in [0.717, 1.165) is 41.2 Å². The van der Waals surface area contributed by atoms with Gasteiger partial charge in [0.25, 0.3) is 10.1 Å². The minimum absolute atomic E-state index is 0.0106. The zero-order valence-corrected chi connectivity index (χ0v) is 30.2. The highest BCUT2D eigenvalue weighted by Gasteiger charge is 2.25. The summed E-state index contributed by atoms with van der Waals surface area (Å²) in [5.41, 5.74) is 4.76. The summed E-state index contributed by atoms with van der Waals surface area (Å²) >= 11 is 12.4. The summed E-state index contributed by atoms with van der Waals surface area (Å²) in [5, 5.41) is 10.5. The normalized spacial score (nSPS) is 12.0. The Hall–Kier alpha value is -5.06. The third-order valence-corrected chi connectivity index (χ3v) is 10.1.